The molecular formula is C9H14N2O. The average Bonchev–Trinajstić information content (AvgIpc) is 2.58. The Morgan fingerprint density at radius 2 is 2.00 bits per heavy atom. The SMILES string of the molecule is CC.Cc1cn2c(C)cnc2o1. The van der Waals surface area contributed by atoms with E-state index in [2.05, 4.69) is 4.98 Å². The molecule has 2 aromatic heterocycles. The third-order valence-electron chi connectivity index (χ3n) is 1.51. The molecule has 0 spiro atoms. The summed E-state index contributed by atoms with van der Waals surface area (Å²) in [6.45, 7) is 7.91. The first-order valence-electron chi connectivity index (χ1n) is 4.17. The lowest BCUT2D eigenvalue weighted by Crippen LogP contribution is -1.77. The van der Waals surface area contributed by atoms with Gasteiger partial charge >= 0.3 is 5.84 Å². The zero-order valence-corrected chi connectivity index (χ0v) is 7.96. The van der Waals surface area contributed by atoms with E-state index in [0.29, 0.717) is 5.84 Å². The summed E-state index contributed by atoms with van der Waals surface area (Å²) < 4.78 is 7.17. The molecule has 0 amide bonds. The first-order valence-corrected chi connectivity index (χ1v) is 4.17. The van der Waals surface area contributed by atoms with Gasteiger partial charge in [0.1, 0.15) is 5.76 Å². The maximum absolute atomic E-state index is 5.24. The Balaban J connectivity index is 0.000000336. The smallest absolute Gasteiger partial charge is 0.306 e. The summed E-state index contributed by atoms with van der Waals surface area (Å²) in [6.07, 6.45) is 3.72. The van der Waals surface area contributed by atoms with E-state index in [1.54, 1.807) is 6.20 Å². The Labute approximate surface area is 72.0 Å². The quantitative estimate of drug-likeness (QED) is 0.602. The monoisotopic (exact) mass is 166 g/mol. The van der Waals surface area contributed by atoms with E-state index in [9.17, 15) is 0 Å². The Kier molecular flexibility index (Phi) is 2.53. The van der Waals surface area contributed by atoms with Crippen LogP contribution in [0.4, 0.5) is 0 Å². The normalized spacial score (nSPS) is 9.67. The molecule has 0 radical (unpaired) electrons. The van der Waals surface area contributed by atoms with Gasteiger partial charge in [-0.25, -0.2) is 4.98 Å². The third-order valence-corrected chi connectivity index (χ3v) is 1.51. The summed E-state index contributed by atoms with van der Waals surface area (Å²) in [6, 6.07) is 0. The van der Waals surface area contributed by atoms with Gasteiger partial charge in [0.05, 0.1) is 12.4 Å². The van der Waals surface area contributed by atoms with E-state index in [0.717, 1.165) is 11.5 Å². The molecule has 3 heteroatoms. The molecule has 0 aliphatic carbocycles. The highest BCUT2D eigenvalue weighted by Gasteiger charge is 2.01. The van der Waals surface area contributed by atoms with Crippen molar-refractivity contribution in [3.8, 4) is 0 Å². The standard InChI is InChI=1S/C7H8N2O.C2H6/c1-5-3-8-7-9(5)4-6(2)10-7;1-2/h3-4H,1-2H3;1-2H3. The van der Waals surface area contributed by atoms with Crippen molar-refractivity contribution in [2.24, 2.45) is 0 Å². The van der Waals surface area contributed by atoms with Crippen LogP contribution in [0.3, 0.4) is 0 Å². The molecule has 3 nitrogen and oxygen atoms in total. The van der Waals surface area contributed by atoms with E-state index in [-0.39, 0.29) is 0 Å². The van der Waals surface area contributed by atoms with Crippen LogP contribution in [0.15, 0.2) is 16.8 Å². The van der Waals surface area contributed by atoms with Gasteiger partial charge in [0, 0.05) is 5.69 Å². The van der Waals surface area contributed by atoms with Gasteiger partial charge in [-0.3, -0.25) is 4.40 Å². The number of hydrogen-bond donors (Lipinski definition) is 0. The van der Waals surface area contributed by atoms with Crippen molar-refractivity contribution in [3.05, 3.63) is 23.8 Å². The molecule has 0 aromatic carbocycles. The second-order valence-electron chi connectivity index (χ2n) is 2.39. The number of nitrogens with zero attached hydrogens (tertiary/aromatic N) is 2. The minimum Gasteiger partial charge on any atom is -0.429 e. The van der Waals surface area contributed by atoms with Crippen LogP contribution in [-0.2, 0) is 0 Å². The van der Waals surface area contributed by atoms with E-state index in [4.69, 9.17) is 4.42 Å². The van der Waals surface area contributed by atoms with Crippen LogP contribution in [0.2, 0.25) is 0 Å². The maximum Gasteiger partial charge on any atom is 0.306 e. The van der Waals surface area contributed by atoms with Crippen LogP contribution in [-0.4, -0.2) is 9.38 Å². The summed E-state index contributed by atoms with van der Waals surface area (Å²) in [7, 11) is 0. The van der Waals surface area contributed by atoms with Gasteiger partial charge in [0.15, 0.2) is 0 Å². The number of aryl methyl sites for hydroxylation is 2. The lowest BCUT2D eigenvalue weighted by Gasteiger charge is -1.80. The molecule has 0 saturated heterocycles. The highest BCUT2D eigenvalue weighted by Crippen LogP contribution is 2.09. The largest absolute Gasteiger partial charge is 0.429 e. The number of imidazole rings is 1. The van der Waals surface area contributed by atoms with E-state index < -0.39 is 0 Å². The lowest BCUT2D eigenvalue weighted by molar-refractivity contribution is 0.562. The van der Waals surface area contributed by atoms with Gasteiger partial charge in [0.25, 0.3) is 0 Å². The van der Waals surface area contributed by atoms with Gasteiger partial charge in [-0.05, 0) is 13.8 Å². The minimum absolute atomic E-state index is 0.676. The second kappa shape index (κ2) is 3.43. The maximum atomic E-state index is 5.24. The lowest BCUT2D eigenvalue weighted by atomic mass is 10.5. The highest BCUT2D eigenvalue weighted by molar-refractivity contribution is 5.27. The molecule has 0 aliphatic heterocycles. The fourth-order valence-corrected chi connectivity index (χ4v) is 1.01. The molecule has 0 bridgehead atoms. The Hall–Kier alpha value is -1.25. The zero-order valence-electron chi connectivity index (χ0n) is 7.96. The predicted octanol–water partition coefficient (Wildman–Crippen LogP) is 2.57. The Bertz CT molecular complexity index is 359. The zero-order chi connectivity index (χ0) is 9.14. The summed E-state index contributed by atoms with van der Waals surface area (Å²) in [5.74, 6) is 1.57. The van der Waals surface area contributed by atoms with Gasteiger partial charge in [-0.1, -0.05) is 13.8 Å². The summed E-state index contributed by atoms with van der Waals surface area (Å²) in [4.78, 5) is 4.04. The average molecular weight is 166 g/mol. The van der Waals surface area contributed by atoms with Crippen molar-refractivity contribution in [3.63, 3.8) is 0 Å². The Morgan fingerprint density at radius 1 is 1.33 bits per heavy atom. The molecule has 0 aliphatic rings. The number of hydrogen-bond acceptors (Lipinski definition) is 2. The topological polar surface area (TPSA) is 30.4 Å². The van der Waals surface area contributed by atoms with Gasteiger partial charge in [-0.15, -0.1) is 0 Å². The predicted molar refractivity (Wildman–Crippen MR) is 48.3 cm³/mol. The molecule has 0 fully saturated rings. The fraction of sp³-hybridized carbons (Fsp3) is 0.444. The molecule has 12 heavy (non-hydrogen) atoms. The van der Waals surface area contributed by atoms with Crippen molar-refractivity contribution in [2.45, 2.75) is 27.7 Å². The number of oxazole rings is 1. The number of aromatic nitrogens is 2. The molecule has 66 valence electrons. The van der Waals surface area contributed by atoms with Gasteiger partial charge in [0.2, 0.25) is 0 Å². The van der Waals surface area contributed by atoms with Crippen LogP contribution in [0, 0.1) is 13.8 Å². The van der Waals surface area contributed by atoms with Crippen molar-refractivity contribution >= 4 is 5.84 Å². The van der Waals surface area contributed by atoms with Crippen LogP contribution < -0.4 is 0 Å². The minimum atomic E-state index is 0.676. The molecule has 0 N–H and O–H groups in total. The van der Waals surface area contributed by atoms with Crippen molar-refractivity contribution in [2.75, 3.05) is 0 Å². The van der Waals surface area contributed by atoms with E-state index in [1.807, 2.05) is 38.3 Å². The molecule has 2 aromatic rings. The fourth-order valence-electron chi connectivity index (χ4n) is 1.01. The first kappa shape index (κ1) is 8.84. The molecule has 0 atom stereocenters. The van der Waals surface area contributed by atoms with Crippen molar-refractivity contribution in [1.29, 1.82) is 0 Å². The van der Waals surface area contributed by atoms with Crippen molar-refractivity contribution < 1.29 is 4.42 Å². The van der Waals surface area contributed by atoms with E-state index in [1.165, 1.54) is 0 Å². The van der Waals surface area contributed by atoms with Crippen molar-refractivity contribution in [1.82, 2.24) is 9.38 Å². The number of rotatable bonds is 0. The molecule has 0 saturated carbocycles. The highest BCUT2D eigenvalue weighted by atomic mass is 16.4. The van der Waals surface area contributed by atoms with Crippen LogP contribution >= 0.6 is 0 Å². The first-order chi connectivity index (χ1) is 5.77. The molecular weight excluding hydrogens is 152 g/mol. The third kappa shape index (κ3) is 1.35. The van der Waals surface area contributed by atoms with Crippen LogP contribution in [0.5, 0.6) is 0 Å². The summed E-state index contributed by atoms with van der Waals surface area (Å²) in [5.41, 5.74) is 1.10. The number of fused-ring (bicyclic) bond motifs is 1. The van der Waals surface area contributed by atoms with Gasteiger partial charge < -0.3 is 4.42 Å². The van der Waals surface area contributed by atoms with Crippen LogP contribution in [0.25, 0.3) is 5.84 Å². The summed E-state index contributed by atoms with van der Waals surface area (Å²) in [5, 5.41) is 0. The molecule has 2 heterocycles. The van der Waals surface area contributed by atoms with Gasteiger partial charge in [-0.2, -0.15) is 0 Å². The molecule has 2 rings (SSSR count). The Morgan fingerprint density at radius 3 is 2.58 bits per heavy atom. The van der Waals surface area contributed by atoms with E-state index >= 15 is 0 Å². The molecule has 0 unspecified atom stereocenters. The van der Waals surface area contributed by atoms with Crippen LogP contribution in [0.1, 0.15) is 25.3 Å². The summed E-state index contributed by atoms with van der Waals surface area (Å²) >= 11 is 0. The second-order valence-corrected chi connectivity index (χ2v) is 2.39.